The monoisotopic (exact) mass is 297 g/mol. The third-order valence-electron chi connectivity index (χ3n) is 2.24. The Labute approximate surface area is 104 Å². The van der Waals surface area contributed by atoms with Crippen LogP contribution in [0.4, 0.5) is 0 Å². The second kappa shape index (κ2) is 4.17. The molecule has 0 bridgehead atoms. The van der Waals surface area contributed by atoms with Crippen molar-refractivity contribution in [3.63, 3.8) is 0 Å². The Morgan fingerprint density at radius 1 is 1.47 bits per heavy atom. The van der Waals surface area contributed by atoms with Crippen molar-refractivity contribution in [1.29, 1.82) is 0 Å². The van der Waals surface area contributed by atoms with Crippen LogP contribution >= 0.6 is 15.9 Å². The Hall–Kier alpha value is -1.89. The summed E-state index contributed by atoms with van der Waals surface area (Å²) >= 11 is 3.29. The second-order valence-electron chi connectivity index (χ2n) is 3.40. The van der Waals surface area contributed by atoms with Gasteiger partial charge in [0.15, 0.2) is 5.69 Å². The van der Waals surface area contributed by atoms with Crippen molar-refractivity contribution >= 4 is 38.7 Å². The summed E-state index contributed by atoms with van der Waals surface area (Å²) < 4.78 is 1.90. The zero-order chi connectivity index (χ0) is 12.6. The summed E-state index contributed by atoms with van der Waals surface area (Å²) in [6, 6.07) is 5.14. The van der Waals surface area contributed by atoms with Gasteiger partial charge in [-0.3, -0.25) is 14.3 Å². The van der Waals surface area contributed by atoms with Gasteiger partial charge in [-0.1, -0.05) is 12.1 Å². The SMILES string of the molecule is NC(=O)c1nn(CC(=O)O)c2c(Br)cccc12. The third-order valence-corrected chi connectivity index (χ3v) is 2.88. The number of aromatic nitrogens is 2. The van der Waals surface area contributed by atoms with Crippen molar-refractivity contribution in [2.24, 2.45) is 5.73 Å². The average molecular weight is 298 g/mol. The number of benzene rings is 1. The maximum atomic E-state index is 11.2. The first kappa shape index (κ1) is 11.6. The molecule has 88 valence electrons. The lowest BCUT2D eigenvalue weighted by Crippen LogP contribution is -2.14. The number of aliphatic carboxylic acids is 1. The summed E-state index contributed by atoms with van der Waals surface area (Å²) in [6.45, 7) is -0.327. The van der Waals surface area contributed by atoms with Crippen LogP contribution in [0.2, 0.25) is 0 Å². The summed E-state index contributed by atoms with van der Waals surface area (Å²) in [5, 5.41) is 13.2. The van der Waals surface area contributed by atoms with Gasteiger partial charge >= 0.3 is 5.97 Å². The number of hydrogen-bond acceptors (Lipinski definition) is 3. The van der Waals surface area contributed by atoms with Crippen LogP contribution in [-0.2, 0) is 11.3 Å². The van der Waals surface area contributed by atoms with Crippen molar-refractivity contribution in [2.45, 2.75) is 6.54 Å². The first-order chi connectivity index (χ1) is 8.00. The van der Waals surface area contributed by atoms with Crippen LogP contribution in [0.1, 0.15) is 10.5 Å². The zero-order valence-electron chi connectivity index (χ0n) is 8.55. The lowest BCUT2D eigenvalue weighted by Gasteiger charge is -2.00. The smallest absolute Gasteiger partial charge is 0.325 e. The number of hydrogen-bond donors (Lipinski definition) is 2. The summed E-state index contributed by atoms with van der Waals surface area (Å²) in [4.78, 5) is 21.9. The molecule has 1 aromatic heterocycles. The second-order valence-corrected chi connectivity index (χ2v) is 4.25. The van der Waals surface area contributed by atoms with E-state index in [4.69, 9.17) is 10.8 Å². The van der Waals surface area contributed by atoms with Gasteiger partial charge in [0, 0.05) is 9.86 Å². The molecule has 1 amide bonds. The molecule has 0 unspecified atom stereocenters. The van der Waals surface area contributed by atoms with Crippen LogP contribution in [0.5, 0.6) is 0 Å². The molecule has 2 rings (SSSR count). The van der Waals surface area contributed by atoms with Crippen LogP contribution in [0.25, 0.3) is 10.9 Å². The van der Waals surface area contributed by atoms with E-state index in [9.17, 15) is 9.59 Å². The van der Waals surface area contributed by atoms with Gasteiger partial charge in [-0.25, -0.2) is 0 Å². The van der Waals surface area contributed by atoms with Gasteiger partial charge in [0.25, 0.3) is 5.91 Å². The van der Waals surface area contributed by atoms with Gasteiger partial charge in [-0.05, 0) is 22.0 Å². The van der Waals surface area contributed by atoms with E-state index in [1.807, 2.05) is 0 Å². The fourth-order valence-corrected chi connectivity index (χ4v) is 2.19. The van der Waals surface area contributed by atoms with Crippen LogP contribution in [-0.4, -0.2) is 26.8 Å². The van der Waals surface area contributed by atoms with E-state index >= 15 is 0 Å². The van der Waals surface area contributed by atoms with Gasteiger partial charge in [0.1, 0.15) is 6.54 Å². The third kappa shape index (κ3) is 2.01. The summed E-state index contributed by atoms with van der Waals surface area (Å²) in [5.74, 6) is -1.72. The zero-order valence-corrected chi connectivity index (χ0v) is 10.1. The Balaban J connectivity index is 2.75. The minimum Gasteiger partial charge on any atom is -0.480 e. The van der Waals surface area contributed by atoms with Crippen molar-refractivity contribution < 1.29 is 14.7 Å². The van der Waals surface area contributed by atoms with E-state index in [0.717, 1.165) is 0 Å². The molecule has 1 heterocycles. The molecule has 3 N–H and O–H groups in total. The molecule has 0 fully saturated rings. The number of carbonyl (C=O) groups excluding carboxylic acids is 1. The molecule has 0 spiro atoms. The molecule has 6 nitrogen and oxygen atoms in total. The normalized spacial score (nSPS) is 10.6. The number of rotatable bonds is 3. The topological polar surface area (TPSA) is 98.2 Å². The Morgan fingerprint density at radius 3 is 2.76 bits per heavy atom. The summed E-state index contributed by atoms with van der Waals surface area (Å²) in [7, 11) is 0. The van der Waals surface area contributed by atoms with E-state index in [1.54, 1.807) is 18.2 Å². The minimum atomic E-state index is -1.04. The highest BCUT2D eigenvalue weighted by molar-refractivity contribution is 9.10. The molecule has 7 heteroatoms. The van der Waals surface area contributed by atoms with Crippen LogP contribution in [0.15, 0.2) is 22.7 Å². The highest BCUT2D eigenvalue weighted by atomic mass is 79.9. The Bertz CT molecular complexity index is 621. The van der Waals surface area contributed by atoms with E-state index in [2.05, 4.69) is 21.0 Å². The molecule has 0 saturated carbocycles. The molecule has 0 aliphatic heterocycles. The average Bonchev–Trinajstić information content (AvgIpc) is 2.57. The highest BCUT2D eigenvalue weighted by Gasteiger charge is 2.17. The molecule has 0 radical (unpaired) electrons. The number of nitrogens with zero attached hydrogens (tertiary/aromatic N) is 2. The van der Waals surface area contributed by atoms with Gasteiger partial charge < -0.3 is 10.8 Å². The number of nitrogens with two attached hydrogens (primary N) is 1. The number of amides is 1. The van der Waals surface area contributed by atoms with Gasteiger partial charge in [-0.15, -0.1) is 0 Å². The Kier molecular flexibility index (Phi) is 2.84. The molecule has 2 aromatic rings. The van der Waals surface area contributed by atoms with Gasteiger partial charge in [0.05, 0.1) is 5.52 Å². The van der Waals surface area contributed by atoms with Crippen molar-refractivity contribution in [3.05, 3.63) is 28.4 Å². The lowest BCUT2D eigenvalue weighted by molar-refractivity contribution is -0.137. The standard InChI is InChI=1S/C10H8BrN3O3/c11-6-3-1-2-5-8(10(12)17)13-14(9(5)6)4-7(15)16/h1-3H,4H2,(H2,12,17)(H,15,16). The number of carboxylic acids is 1. The molecule has 0 saturated heterocycles. The van der Waals surface area contributed by atoms with E-state index < -0.39 is 11.9 Å². The van der Waals surface area contributed by atoms with Crippen molar-refractivity contribution in [1.82, 2.24) is 9.78 Å². The molecule has 0 atom stereocenters. The number of para-hydroxylation sites is 1. The predicted molar refractivity (Wildman–Crippen MR) is 63.6 cm³/mol. The van der Waals surface area contributed by atoms with Crippen LogP contribution in [0, 0.1) is 0 Å². The summed E-state index contributed by atoms with van der Waals surface area (Å²) in [5.41, 5.74) is 5.81. The number of carboxylic acid groups (broad SMARTS) is 1. The first-order valence-electron chi connectivity index (χ1n) is 4.67. The lowest BCUT2D eigenvalue weighted by atomic mass is 10.2. The maximum Gasteiger partial charge on any atom is 0.325 e. The number of carbonyl (C=O) groups is 2. The molecular weight excluding hydrogens is 290 g/mol. The number of fused-ring (bicyclic) bond motifs is 1. The molecule has 0 aliphatic rings. The fraction of sp³-hybridized carbons (Fsp3) is 0.100. The Morgan fingerprint density at radius 2 is 2.18 bits per heavy atom. The predicted octanol–water partition coefficient (Wildman–Crippen LogP) is 0.982. The fourth-order valence-electron chi connectivity index (χ4n) is 1.62. The number of halogens is 1. The molecule has 0 aliphatic carbocycles. The summed E-state index contributed by atoms with van der Waals surface area (Å²) in [6.07, 6.45) is 0. The molecular formula is C10H8BrN3O3. The van der Waals surface area contributed by atoms with Crippen molar-refractivity contribution in [2.75, 3.05) is 0 Å². The number of primary amides is 1. The van der Waals surface area contributed by atoms with Crippen molar-refractivity contribution in [3.8, 4) is 0 Å². The van der Waals surface area contributed by atoms with Crippen LogP contribution in [0.3, 0.4) is 0 Å². The molecule has 1 aromatic carbocycles. The largest absolute Gasteiger partial charge is 0.480 e. The minimum absolute atomic E-state index is 0.0718. The quantitative estimate of drug-likeness (QED) is 0.882. The van der Waals surface area contributed by atoms with E-state index in [0.29, 0.717) is 15.4 Å². The van der Waals surface area contributed by atoms with Gasteiger partial charge in [0.2, 0.25) is 0 Å². The molecule has 17 heavy (non-hydrogen) atoms. The van der Waals surface area contributed by atoms with Gasteiger partial charge in [-0.2, -0.15) is 5.10 Å². The highest BCUT2D eigenvalue weighted by Crippen LogP contribution is 2.26. The first-order valence-corrected chi connectivity index (χ1v) is 5.46. The van der Waals surface area contributed by atoms with E-state index in [1.165, 1.54) is 4.68 Å². The maximum absolute atomic E-state index is 11.2. The van der Waals surface area contributed by atoms with E-state index in [-0.39, 0.29) is 12.2 Å². The van der Waals surface area contributed by atoms with Crippen LogP contribution < -0.4 is 5.73 Å².